The Balaban J connectivity index is 2.08. The van der Waals surface area contributed by atoms with Gasteiger partial charge < -0.3 is 14.8 Å². The molecular formula is C20H24N2O4. The van der Waals surface area contributed by atoms with E-state index in [1.807, 2.05) is 36.4 Å². The van der Waals surface area contributed by atoms with Gasteiger partial charge in [-0.15, -0.1) is 0 Å². The van der Waals surface area contributed by atoms with E-state index in [0.29, 0.717) is 6.42 Å². The molecule has 0 spiro atoms. The van der Waals surface area contributed by atoms with E-state index in [0.717, 1.165) is 16.7 Å². The Hall–Kier alpha value is -2.89. The number of aromatic nitrogens is 1. The van der Waals surface area contributed by atoms with E-state index in [9.17, 15) is 9.59 Å². The second kappa shape index (κ2) is 8.47. The van der Waals surface area contributed by atoms with Crippen molar-refractivity contribution >= 4 is 12.1 Å². The van der Waals surface area contributed by atoms with Gasteiger partial charge in [-0.1, -0.05) is 30.3 Å². The zero-order chi connectivity index (χ0) is 19.2. The number of amides is 1. The van der Waals surface area contributed by atoms with E-state index in [1.54, 1.807) is 33.2 Å². The molecule has 0 aliphatic carbocycles. The molecule has 0 aliphatic heterocycles. The molecule has 1 aromatic carbocycles. The van der Waals surface area contributed by atoms with Crippen molar-refractivity contribution in [1.29, 1.82) is 0 Å². The Morgan fingerprint density at radius 2 is 1.81 bits per heavy atom. The highest BCUT2D eigenvalue weighted by Crippen LogP contribution is 2.19. The first-order valence-corrected chi connectivity index (χ1v) is 8.35. The summed E-state index contributed by atoms with van der Waals surface area (Å²) in [5.41, 5.74) is 2.28. The van der Waals surface area contributed by atoms with Crippen LogP contribution in [0.4, 0.5) is 4.79 Å². The van der Waals surface area contributed by atoms with Gasteiger partial charge in [0.2, 0.25) is 0 Å². The summed E-state index contributed by atoms with van der Waals surface area (Å²) in [4.78, 5) is 28.1. The van der Waals surface area contributed by atoms with Crippen LogP contribution in [0.5, 0.6) is 0 Å². The second-order valence-corrected chi connectivity index (χ2v) is 6.86. The van der Waals surface area contributed by atoms with Gasteiger partial charge in [0.25, 0.3) is 0 Å². The molecule has 1 atom stereocenters. The van der Waals surface area contributed by atoms with E-state index in [-0.39, 0.29) is 0 Å². The molecule has 0 saturated carbocycles. The summed E-state index contributed by atoms with van der Waals surface area (Å²) in [6, 6.07) is 10.8. The fourth-order valence-electron chi connectivity index (χ4n) is 2.39. The van der Waals surface area contributed by atoms with Crippen molar-refractivity contribution in [2.24, 2.45) is 0 Å². The minimum Gasteiger partial charge on any atom is -0.467 e. The minimum absolute atomic E-state index is 0.305. The van der Waals surface area contributed by atoms with E-state index >= 15 is 0 Å². The minimum atomic E-state index is -0.820. The lowest BCUT2D eigenvalue weighted by molar-refractivity contribution is -0.143. The van der Waals surface area contributed by atoms with Crippen LogP contribution in [0.25, 0.3) is 11.1 Å². The number of rotatable bonds is 5. The maximum Gasteiger partial charge on any atom is 0.408 e. The third-order valence-electron chi connectivity index (χ3n) is 3.57. The number of hydrogen-bond acceptors (Lipinski definition) is 5. The quantitative estimate of drug-likeness (QED) is 0.831. The van der Waals surface area contributed by atoms with Crippen molar-refractivity contribution in [3.05, 3.63) is 54.4 Å². The van der Waals surface area contributed by atoms with Crippen molar-refractivity contribution < 1.29 is 19.1 Å². The van der Waals surface area contributed by atoms with E-state index in [2.05, 4.69) is 10.3 Å². The Morgan fingerprint density at radius 1 is 1.12 bits per heavy atom. The normalized spacial score (nSPS) is 12.2. The summed E-state index contributed by atoms with van der Waals surface area (Å²) in [5.74, 6) is -0.521. The molecule has 0 radical (unpaired) electrons. The number of methoxy groups -OCH3 is 1. The van der Waals surface area contributed by atoms with Gasteiger partial charge in [0.1, 0.15) is 11.6 Å². The molecule has 0 saturated heterocycles. The number of alkyl carbamates (subject to hydrolysis) is 1. The molecule has 26 heavy (non-hydrogen) atoms. The Kier molecular flexibility index (Phi) is 6.33. The standard InChI is InChI=1S/C20H24N2O4/c1-20(2,3)26-19(24)22-17(18(23)25-4)12-14-7-9-15(10-8-14)16-6-5-11-21-13-16/h5-11,13,17H,12H2,1-4H3,(H,22,24). The topological polar surface area (TPSA) is 77.5 Å². The third-order valence-corrected chi connectivity index (χ3v) is 3.57. The fraction of sp³-hybridized carbons (Fsp3) is 0.350. The lowest BCUT2D eigenvalue weighted by Crippen LogP contribution is -2.45. The van der Waals surface area contributed by atoms with Crippen LogP contribution < -0.4 is 5.32 Å². The average molecular weight is 356 g/mol. The predicted octanol–water partition coefficient (Wildman–Crippen LogP) is 3.36. The third kappa shape index (κ3) is 5.88. The molecule has 6 heteroatoms. The number of esters is 1. The summed E-state index contributed by atoms with van der Waals surface area (Å²) in [6.45, 7) is 5.28. The first kappa shape index (κ1) is 19.4. The number of pyridine rings is 1. The molecule has 1 amide bonds. The van der Waals surface area contributed by atoms with E-state index in [1.165, 1.54) is 7.11 Å². The average Bonchev–Trinajstić information content (AvgIpc) is 2.60. The molecular weight excluding hydrogens is 332 g/mol. The molecule has 6 nitrogen and oxygen atoms in total. The van der Waals surface area contributed by atoms with E-state index in [4.69, 9.17) is 9.47 Å². The maximum atomic E-state index is 12.0. The number of carbonyl (C=O) groups excluding carboxylic acids is 2. The number of carbonyl (C=O) groups is 2. The summed E-state index contributed by atoms with van der Waals surface area (Å²) >= 11 is 0. The van der Waals surface area contributed by atoms with Gasteiger partial charge >= 0.3 is 12.1 Å². The Bertz CT molecular complexity index is 737. The second-order valence-electron chi connectivity index (χ2n) is 6.86. The molecule has 138 valence electrons. The van der Waals surface area contributed by atoms with Crippen LogP contribution in [0.3, 0.4) is 0 Å². The van der Waals surface area contributed by atoms with Gasteiger partial charge in [-0.3, -0.25) is 4.98 Å². The highest BCUT2D eigenvalue weighted by Gasteiger charge is 2.25. The summed E-state index contributed by atoms with van der Waals surface area (Å²) < 4.78 is 10.0. The van der Waals surface area contributed by atoms with Gasteiger partial charge in [-0.2, -0.15) is 0 Å². The predicted molar refractivity (Wildman–Crippen MR) is 98.6 cm³/mol. The van der Waals surface area contributed by atoms with Crippen LogP contribution in [0.2, 0.25) is 0 Å². The van der Waals surface area contributed by atoms with Gasteiger partial charge in [0, 0.05) is 18.8 Å². The molecule has 1 unspecified atom stereocenters. The van der Waals surface area contributed by atoms with Gasteiger partial charge in [-0.05, 0) is 43.5 Å². The molecule has 2 rings (SSSR count). The molecule has 2 aromatic rings. The monoisotopic (exact) mass is 356 g/mol. The smallest absolute Gasteiger partial charge is 0.408 e. The molecule has 0 fully saturated rings. The molecule has 0 aliphatic rings. The lowest BCUT2D eigenvalue weighted by Gasteiger charge is -2.22. The number of benzene rings is 1. The number of nitrogens with one attached hydrogen (secondary N) is 1. The maximum absolute atomic E-state index is 12.0. The molecule has 0 bridgehead atoms. The largest absolute Gasteiger partial charge is 0.467 e. The van der Waals surface area contributed by atoms with Crippen LogP contribution >= 0.6 is 0 Å². The number of hydrogen-bond donors (Lipinski definition) is 1. The van der Waals surface area contributed by atoms with Crippen LogP contribution in [-0.4, -0.2) is 35.8 Å². The highest BCUT2D eigenvalue weighted by molar-refractivity contribution is 5.81. The summed E-state index contributed by atoms with van der Waals surface area (Å²) in [6.07, 6.45) is 3.16. The molecule has 1 N–H and O–H groups in total. The van der Waals surface area contributed by atoms with Crippen molar-refractivity contribution in [1.82, 2.24) is 10.3 Å². The summed E-state index contributed by atoms with van der Waals surface area (Å²) in [7, 11) is 1.29. The highest BCUT2D eigenvalue weighted by atomic mass is 16.6. The van der Waals surface area contributed by atoms with Crippen LogP contribution in [-0.2, 0) is 20.7 Å². The van der Waals surface area contributed by atoms with Crippen LogP contribution in [0, 0.1) is 0 Å². The van der Waals surface area contributed by atoms with Crippen molar-refractivity contribution in [3.63, 3.8) is 0 Å². The van der Waals surface area contributed by atoms with Gasteiger partial charge in [-0.25, -0.2) is 9.59 Å². The van der Waals surface area contributed by atoms with Crippen molar-refractivity contribution in [2.75, 3.05) is 7.11 Å². The van der Waals surface area contributed by atoms with Crippen molar-refractivity contribution in [2.45, 2.75) is 38.8 Å². The van der Waals surface area contributed by atoms with Gasteiger partial charge in [0.05, 0.1) is 7.11 Å². The molecule has 1 aromatic heterocycles. The number of nitrogens with zero attached hydrogens (tertiary/aromatic N) is 1. The zero-order valence-electron chi connectivity index (χ0n) is 15.5. The van der Waals surface area contributed by atoms with Gasteiger partial charge in [0.15, 0.2) is 0 Å². The first-order valence-electron chi connectivity index (χ1n) is 8.35. The molecule has 1 heterocycles. The lowest BCUT2D eigenvalue weighted by atomic mass is 10.0. The van der Waals surface area contributed by atoms with Crippen LogP contribution in [0.1, 0.15) is 26.3 Å². The van der Waals surface area contributed by atoms with Crippen molar-refractivity contribution in [3.8, 4) is 11.1 Å². The zero-order valence-corrected chi connectivity index (χ0v) is 15.5. The summed E-state index contributed by atoms with van der Waals surface area (Å²) in [5, 5.41) is 2.57. The van der Waals surface area contributed by atoms with E-state index < -0.39 is 23.7 Å². The SMILES string of the molecule is COC(=O)C(Cc1ccc(-c2cccnc2)cc1)NC(=O)OC(C)(C)C. The Morgan fingerprint density at radius 3 is 2.35 bits per heavy atom. The van der Waals surface area contributed by atoms with Crippen LogP contribution in [0.15, 0.2) is 48.8 Å². The first-order chi connectivity index (χ1) is 12.3. The Labute approximate surface area is 153 Å². The fourth-order valence-corrected chi connectivity index (χ4v) is 2.39. The number of ether oxygens (including phenoxy) is 2.